The van der Waals surface area contributed by atoms with E-state index in [9.17, 15) is 9.90 Å². The van der Waals surface area contributed by atoms with Gasteiger partial charge >= 0.3 is 6.09 Å². The minimum absolute atomic E-state index is 0.121. The van der Waals surface area contributed by atoms with Gasteiger partial charge in [0.1, 0.15) is 6.61 Å². The first-order chi connectivity index (χ1) is 9.74. The van der Waals surface area contributed by atoms with Gasteiger partial charge in [-0.1, -0.05) is 29.3 Å². The lowest BCUT2D eigenvalue weighted by Gasteiger charge is -2.44. The van der Waals surface area contributed by atoms with Crippen molar-refractivity contribution in [2.45, 2.75) is 43.6 Å². The van der Waals surface area contributed by atoms with Gasteiger partial charge in [0.25, 0.3) is 0 Å². The molecule has 0 aliphatic heterocycles. The molecule has 0 heterocycles. The fourth-order valence-corrected chi connectivity index (χ4v) is 3.50. The SMILES string of the molecule is CC1(O)CCCC(COC(N)=O)(c2ccc(Cl)c(Cl)c2)C1. The molecule has 21 heavy (non-hydrogen) atoms. The number of hydrogen-bond acceptors (Lipinski definition) is 3. The quantitative estimate of drug-likeness (QED) is 0.887. The van der Waals surface area contributed by atoms with Crippen LogP contribution in [-0.2, 0) is 10.2 Å². The van der Waals surface area contributed by atoms with Crippen molar-refractivity contribution in [3.05, 3.63) is 33.8 Å². The van der Waals surface area contributed by atoms with E-state index in [4.69, 9.17) is 33.7 Å². The Hall–Kier alpha value is -0.970. The first-order valence-corrected chi connectivity index (χ1v) is 7.60. The summed E-state index contributed by atoms with van der Waals surface area (Å²) in [5, 5.41) is 11.3. The molecule has 1 amide bonds. The third-order valence-corrected chi connectivity index (χ3v) is 4.85. The minimum atomic E-state index is -0.820. The first kappa shape index (κ1) is 16.4. The Balaban J connectivity index is 2.39. The Morgan fingerprint density at radius 3 is 2.67 bits per heavy atom. The lowest BCUT2D eigenvalue weighted by molar-refractivity contribution is -0.0264. The molecule has 1 aliphatic carbocycles. The number of nitrogens with two attached hydrogens (primary N) is 1. The highest BCUT2D eigenvalue weighted by Crippen LogP contribution is 2.45. The summed E-state index contributed by atoms with van der Waals surface area (Å²) in [5.41, 5.74) is 4.69. The van der Waals surface area contributed by atoms with Gasteiger partial charge < -0.3 is 15.6 Å². The summed E-state index contributed by atoms with van der Waals surface area (Å²) >= 11 is 12.1. The highest BCUT2D eigenvalue weighted by molar-refractivity contribution is 6.42. The minimum Gasteiger partial charge on any atom is -0.449 e. The van der Waals surface area contributed by atoms with Crippen LogP contribution in [0.3, 0.4) is 0 Å². The summed E-state index contributed by atoms with van der Waals surface area (Å²) in [6.45, 7) is 1.92. The number of carbonyl (C=O) groups excluding carboxylic acids is 1. The van der Waals surface area contributed by atoms with Crippen molar-refractivity contribution >= 4 is 29.3 Å². The molecule has 1 aliphatic rings. The van der Waals surface area contributed by atoms with Crippen LogP contribution in [0.1, 0.15) is 38.2 Å². The first-order valence-electron chi connectivity index (χ1n) is 6.84. The summed E-state index contributed by atoms with van der Waals surface area (Å²) < 4.78 is 5.05. The van der Waals surface area contributed by atoms with E-state index in [1.54, 1.807) is 19.1 Å². The number of primary amides is 1. The van der Waals surface area contributed by atoms with Crippen molar-refractivity contribution in [1.82, 2.24) is 0 Å². The second kappa shape index (κ2) is 6.03. The Morgan fingerprint density at radius 2 is 2.10 bits per heavy atom. The zero-order valence-electron chi connectivity index (χ0n) is 11.9. The van der Waals surface area contributed by atoms with Crippen LogP contribution in [0.5, 0.6) is 0 Å². The number of benzene rings is 1. The monoisotopic (exact) mass is 331 g/mol. The topological polar surface area (TPSA) is 72.6 Å². The van der Waals surface area contributed by atoms with E-state index in [-0.39, 0.29) is 6.61 Å². The average molecular weight is 332 g/mol. The Kier molecular flexibility index (Phi) is 4.71. The molecule has 116 valence electrons. The van der Waals surface area contributed by atoms with Crippen LogP contribution in [0.4, 0.5) is 4.79 Å². The third-order valence-electron chi connectivity index (χ3n) is 4.11. The lowest BCUT2D eigenvalue weighted by atomic mass is 9.65. The number of ether oxygens (including phenoxy) is 1. The van der Waals surface area contributed by atoms with Crippen LogP contribution in [-0.4, -0.2) is 23.4 Å². The van der Waals surface area contributed by atoms with Crippen molar-refractivity contribution in [2.75, 3.05) is 6.61 Å². The van der Waals surface area contributed by atoms with Crippen molar-refractivity contribution < 1.29 is 14.6 Å². The van der Waals surface area contributed by atoms with Crippen LogP contribution in [0.2, 0.25) is 10.0 Å². The molecule has 2 atom stereocenters. The standard InChI is InChI=1S/C15H19Cl2NO3/c1-14(20)5-2-6-15(8-14,9-21-13(18)19)10-3-4-11(16)12(17)7-10/h3-4,7,20H,2,5-6,8-9H2,1H3,(H2,18,19). The van der Waals surface area contributed by atoms with Gasteiger partial charge in [-0.25, -0.2) is 4.79 Å². The van der Waals surface area contributed by atoms with Crippen molar-refractivity contribution in [1.29, 1.82) is 0 Å². The molecular formula is C15H19Cl2NO3. The normalized spacial score (nSPS) is 29.1. The van der Waals surface area contributed by atoms with E-state index in [1.165, 1.54) is 0 Å². The van der Waals surface area contributed by atoms with E-state index in [0.717, 1.165) is 18.4 Å². The van der Waals surface area contributed by atoms with E-state index >= 15 is 0 Å². The van der Waals surface area contributed by atoms with Crippen LogP contribution >= 0.6 is 23.2 Å². The van der Waals surface area contributed by atoms with Crippen LogP contribution in [0.25, 0.3) is 0 Å². The fourth-order valence-electron chi connectivity index (χ4n) is 3.20. The Morgan fingerprint density at radius 1 is 1.38 bits per heavy atom. The summed E-state index contributed by atoms with van der Waals surface area (Å²) in [6, 6.07) is 5.35. The molecule has 1 saturated carbocycles. The summed E-state index contributed by atoms with van der Waals surface area (Å²) in [5.74, 6) is 0. The molecule has 1 fully saturated rings. The molecule has 0 radical (unpaired) electrons. The molecule has 0 saturated heterocycles. The smallest absolute Gasteiger partial charge is 0.404 e. The molecule has 1 aromatic carbocycles. The second-order valence-corrected chi connectivity index (χ2v) is 6.86. The highest BCUT2D eigenvalue weighted by atomic mass is 35.5. The number of hydrogen-bond donors (Lipinski definition) is 2. The lowest BCUT2D eigenvalue weighted by Crippen LogP contribution is -2.45. The molecule has 2 unspecified atom stereocenters. The second-order valence-electron chi connectivity index (χ2n) is 6.04. The molecule has 2 rings (SSSR count). The van der Waals surface area contributed by atoms with Gasteiger partial charge in [-0.15, -0.1) is 0 Å². The van der Waals surface area contributed by atoms with Crippen LogP contribution in [0.15, 0.2) is 18.2 Å². The number of carbonyl (C=O) groups is 1. The summed E-state index contributed by atoms with van der Waals surface area (Å²) in [6.07, 6.45) is 1.99. The van der Waals surface area contributed by atoms with Gasteiger partial charge in [0.15, 0.2) is 0 Å². The van der Waals surface area contributed by atoms with E-state index in [1.807, 2.05) is 6.07 Å². The molecule has 0 bridgehead atoms. The number of rotatable bonds is 3. The number of aliphatic hydroxyl groups is 1. The van der Waals surface area contributed by atoms with Gasteiger partial charge in [-0.2, -0.15) is 0 Å². The molecule has 6 heteroatoms. The number of amides is 1. The molecule has 0 aromatic heterocycles. The summed E-state index contributed by atoms with van der Waals surface area (Å²) in [7, 11) is 0. The molecular weight excluding hydrogens is 313 g/mol. The van der Waals surface area contributed by atoms with Gasteiger partial charge in [0, 0.05) is 5.41 Å². The Labute approximate surface area is 134 Å². The van der Waals surface area contributed by atoms with Crippen molar-refractivity contribution in [2.24, 2.45) is 5.73 Å². The van der Waals surface area contributed by atoms with Crippen molar-refractivity contribution in [3.8, 4) is 0 Å². The van der Waals surface area contributed by atoms with E-state index in [0.29, 0.717) is 22.9 Å². The van der Waals surface area contributed by atoms with Crippen molar-refractivity contribution in [3.63, 3.8) is 0 Å². The van der Waals surface area contributed by atoms with Gasteiger partial charge in [0.2, 0.25) is 0 Å². The average Bonchev–Trinajstić information content (AvgIpc) is 2.38. The largest absolute Gasteiger partial charge is 0.449 e. The van der Waals surface area contributed by atoms with Crippen LogP contribution in [0, 0.1) is 0 Å². The fraction of sp³-hybridized carbons (Fsp3) is 0.533. The van der Waals surface area contributed by atoms with Crippen LogP contribution < -0.4 is 5.73 Å². The zero-order chi connectivity index (χ0) is 15.7. The van der Waals surface area contributed by atoms with Gasteiger partial charge in [0.05, 0.1) is 15.6 Å². The predicted molar refractivity (Wildman–Crippen MR) is 82.8 cm³/mol. The molecule has 4 nitrogen and oxygen atoms in total. The third kappa shape index (κ3) is 3.82. The predicted octanol–water partition coefficient (Wildman–Crippen LogP) is 3.65. The number of halogens is 2. The van der Waals surface area contributed by atoms with Gasteiger partial charge in [-0.05, 0) is 50.3 Å². The Bertz CT molecular complexity index is 548. The van der Waals surface area contributed by atoms with E-state index in [2.05, 4.69) is 0 Å². The maximum absolute atomic E-state index is 11.0. The molecule has 1 aromatic rings. The molecule has 0 spiro atoms. The summed E-state index contributed by atoms with van der Waals surface area (Å²) in [4.78, 5) is 11.0. The van der Waals surface area contributed by atoms with Gasteiger partial charge in [-0.3, -0.25) is 0 Å². The maximum atomic E-state index is 11.0. The zero-order valence-corrected chi connectivity index (χ0v) is 13.4. The molecule has 3 N–H and O–H groups in total. The van der Waals surface area contributed by atoms with E-state index < -0.39 is 17.1 Å². The maximum Gasteiger partial charge on any atom is 0.404 e. The highest BCUT2D eigenvalue weighted by Gasteiger charge is 2.43.